The van der Waals surface area contributed by atoms with Crippen molar-refractivity contribution in [1.82, 2.24) is 4.90 Å². The van der Waals surface area contributed by atoms with E-state index in [1.165, 1.54) is 0 Å². The third-order valence-electron chi connectivity index (χ3n) is 3.51. The lowest BCUT2D eigenvalue weighted by Gasteiger charge is -2.24. The van der Waals surface area contributed by atoms with Crippen molar-refractivity contribution in [2.75, 3.05) is 37.8 Å². The molecular weight excluding hydrogens is 230 g/mol. The molecule has 0 aliphatic carbocycles. The fourth-order valence-corrected chi connectivity index (χ4v) is 2.45. The molecule has 18 heavy (non-hydrogen) atoms. The zero-order valence-corrected chi connectivity index (χ0v) is 10.8. The van der Waals surface area contributed by atoms with Crippen LogP contribution in [0, 0.1) is 0 Å². The molecule has 98 valence electrons. The Bertz CT molecular complexity index is 460. The Balaban J connectivity index is 2.32. The molecule has 2 rings (SSSR count). The number of benzene rings is 1. The highest BCUT2D eigenvalue weighted by Crippen LogP contribution is 2.31. The summed E-state index contributed by atoms with van der Waals surface area (Å²) in [6, 6.07) is 5.50. The van der Waals surface area contributed by atoms with Gasteiger partial charge in [0.15, 0.2) is 0 Å². The molecule has 0 saturated carbocycles. The molecule has 1 aromatic rings. The van der Waals surface area contributed by atoms with Gasteiger partial charge in [0.05, 0.1) is 16.9 Å². The third-order valence-corrected chi connectivity index (χ3v) is 3.51. The number of anilines is 2. The van der Waals surface area contributed by atoms with Gasteiger partial charge in [-0.25, -0.2) is 4.79 Å². The Morgan fingerprint density at radius 3 is 2.78 bits per heavy atom. The summed E-state index contributed by atoms with van der Waals surface area (Å²) in [7, 11) is 4.08. The number of nitrogens with zero attached hydrogens (tertiary/aromatic N) is 2. The van der Waals surface area contributed by atoms with Gasteiger partial charge in [0.2, 0.25) is 0 Å². The topological polar surface area (TPSA) is 69.8 Å². The number of para-hydroxylation sites is 1. The van der Waals surface area contributed by atoms with Crippen LogP contribution in [0.2, 0.25) is 0 Å². The largest absolute Gasteiger partial charge is 0.478 e. The highest BCUT2D eigenvalue weighted by Gasteiger charge is 2.28. The van der Waals surface area contributed by atoms with E-state index in [2.05, 4.69) is 9.80 Å². The van der Waals surface area contributed by atoms with Crippen molar-refractivity contribution in [3.63, 3.8) is 0 Å². The Kier molecular flexibility index (Phi) is 3.43. The predicted molar refractivity (Wildman–Crippen MR) is 72.1 cm³/mol. The molecule has 1 aliphatic heterocycles. The first-order valence-corrected chi connectivity index (χ1v) is 6.04. The van der Waals surface area contributed by atoms with Crippen LogP contribution < -0.4 is 10.6 Å². The number of hydrogen-bond acceptors (Lipinski definition) is 4. The van der Waals surface area contributed by atoms with Gasteiger partial charge >= 0.3 is 5.97 Å². The molecule has 1 heterocycles. The summed E-state index contributed by atoms with van der Waals surface area (Å²) in [5.74, 6) is -0.925. The SMILES string of the molecule is CN(C)C1CCN(c2c(N)cccc2C(=O)O)C1. The van der Waals surface area contributed by atoms with E-state index in [1.54, 1.807) is 18.2 Å². The zero-order chi connectivity index (χ0) is 13.3. The minimum atomic E-state index is -0.925. The number of rotatable bonds is 3. The van der Waals surface area contributed by atoms with Crippen LogP contribution in [0.25, 0.3) is 0 Å². The highest BCUT2D eigenvalue weighted by atomic mass is 16.4. The van der Waals surface area contributed by atoms with Crippen LogP contribution in [0.3, 0.4) is 0 Å². The monoisotopic (exact) mass is 249 g/mol. The van der Waals surface area contributed by atoms with Gasteiger partial charge in [0.1, 0.15) is 0 Å². The average molecular weight is 249 g/mol. The van der Waals surface area contributed by atoms with Crippen molar-refractivity contribution in [2.45, 2.75) is 12.5 Å². The molecule has 3 N–H and O–H groups in total. The van der Waals surface area contributed by atoms with Gasteiger partial charge in [0.25, 0.3) is 0 Å². The van der Waals surface area contributed by atoms with Crippen molar-refractivity contribution in [2.24, 2.45) is 0 Å². The summed E-state index contributed by atoms with van der Waals surface area (Å²) >= 11 is 0. The fraction of sp³-hybridized carbons (Fsp3) is 0.462. The zero-order valence-electron chi connectivity index (χ0n) is 10.8. The number of carboxylic acid groups (broad SMARTS) is 1. The second kappa shape index (κ2) is 4.86. The minimum absolute atomic E-state index is 0.286. The van der Waals surface area contributed by atoms with Crippen molar-refractivity contribution in [1.29, 1.82) is 0 Å². The van der Waals surface area contributed by atoms with Crippen molar-refractivity contribution >= 4 is 17.3 Å². The van der Waals surface area contributed by atoms with E-state index in [0.29, 0.717) is 17.4 Å². The van der Waals surface area contributed by atoms with Crippen LogP contribution in [0.5, 0.6) is 0 Å². The Labute approximate surface area is 107 Å². The predicted octanol–water partition coefficient (Wildman–Crippen LogP) is 1.11. The molecule has 1 unspecified atom stereocenters. The van der Waals surface area contributed by atoms with Crippen LogP contribution in [0.4, 0.5) is 11.4 Å². The van der Waals surface area contributed by atoms with Crippen LogP contribution in [0.15, 0.2) is 18.2 Å². The summed E-state index contributed by atoms with van der Waals surface area (Å²) in [6.45, 7) is 1.67. The molecule has 1 saturated heterocycles. The van der Waals surface area contributed by atoms with Gasteiger partial charge in [-0.1, -0.05) is 6.07 Å². The molecule has 1 atom stereocenters. The highest BCUT2D eigenvalue weighted by molar-refractivity contribution is 5.98. The summed E-state index contributed by atoms with van der Waals surface area (Å²) in [5, 5.41) is 9.23. The van der Waals surface area contributed by atoms with Gasteiger partial charge in [-0.15, -0.1) is 0 Å². The van der Waals surface area contributed by atoms with E-state index in [4.69, 9.17) is 5.73 Å². The van der Waals surface area contributed by atoms with Gasteiger partial charge < -0.3 is 20.6 Å². The van der Waals surface area contributed by atoms with Crippen LogP contribution in [0.1, 0.15) is 16.8 Å². The Morgan fingerprint density at radius 1 is 1.50 bits per heavy atom. The standard InChI is InChI=1S/C13H19N3O2/c1-15(2)9-6-7-16(8-9)12-10(13(17)18)4-3-5-11(12)14/h3-5,9H,6-8,14H2,1-2H3,(H,17,18). The Morgan fingerprint density at radius 2 is 2.22 bits per heavy atom. The smallest absolute Gasteiger partial charge is 0.337 e. The van der Waals surface area contributed by atoms with Crippen molar-refractivity contribution in [3.8, 4) is 0 Å². The molecule has 0 aromatic heterocycles. The molecule has 5 heteroatoms. The lowest BCUT2D eigenvalue weighted by Crippen LogP contribution is -2.32. The number of likely N-dealkylation sites (N-methyl/N-ethyl adjacent to an activating group) is 1. The molecule has 0 radical (unpaired) electrons. The van der Waals surface area contributed by atoms with Gasteiger partial charge in [-0.05, 0) is 32.6 Å². The molecule has 5 nitrogen and oxygen atoms in total. The quantitative estimate of drug-likeness (QED) is 0.785. The summed E-state index contributed by atoms with van der Waals surface area (Å²) in [6.07, 6.45) is 1.03. The van der Waals surface area contributed by atoms with Crippen LogP contribution in [-0.2, 0) is 0 Å². The first kappa shape index (κ1) is 12.7. The number of aromatic carboxylic acids is 1. The van der Waals surface area contributed by atoms with E-state index in [0.717, 1.165) is 19.5 Å². The summed E-state index contributed by atoms with van der Waals surface area (Å²) in [5.41, 5.74) is 7.43. The molecular formula is C13H19N3O2. The molecule has 0 bridgehead atoms. The third kappa shape index (κ3) is 2.26. The van der Waals surface area contributed by atoms with Crippen LogP contribution in [-0.4, -0.2) is 49.2 Å². The molecule has 0 amide bonds. The second-order valence-corrected chi connectivity index (χ2v) is 4.90. The fourth-order valence-electron chi connectivity index (χ4n) is 2.45. The van der Waals surface area contributed by atoms with Gasteiger partial charge in [-0.2, -0.15) is 0 Å². The van der Waals surface area contributed by atoms with E-state index >= 15 is 0 Å². The Hall–Kier alpha value is -1.75. The summed E-state index contributed by atoms with van der Waals surface area (Å²) in [4.78, 5) is 15.5. The van der Waals surface area contributed by atoms with E-state index in [-0.39, 0.29) is 5.56 Å². The summed E-state index contributed by atoms with van der Waals surface area (Å²) < 4.78 is 0. The number of carboxylic acids is 1. The number of hydrogen-bond donors (Lipinski definition) is 2. The lowest BCUT2D eigenvalue weighted by molar-refractivity contribution is 0.0697. The normalized spacial score (nSPS) is 19.5. The maximum atomic E-state index is 11.3. The second-order valence-electron chi connectivity index (χ2n) is 4.90. The number of nitrogen functional groups attached to an aromatic ring is 1. The number of nitrogens with two attached hydrogens (primary N) is 1. The van der Waals surface area contributed by atoms with Crippen molar-refractivity contribution < 1.29 is 9.90 Å². The minimum Gasteiger partial charge on any atom is -0.478 e. The van der Waals surface area contributed by atoms with E-state index in [9.17, 15) is 9.90 Å². The number of carbonyl (C=O) groups is 1. The van der Waals surface area contributed by atoms with Gasteiger partial charge in [0, 0.05) is 19.1 Å². The first-order chi connectivity index (χ1) is 8.50. The lowest BCUT2D eigenvalue weighted by atomic mass is 10.1. The molecule has 0 spiro atoms. The first-order valence-electron chi connectivity index (χ1n) is 6.04. The van der Waals surface area contributed by atoms with Gasteiger partial charge in [-0.3, -0.25) is 0 Å². The van der Waals surface area contributed by atoms with E-state index < -0.39 is 5.97 Å². The molecule has 1 aliphatic rings. The average Bonchev–Trinajstić information content (AvgIpc) is 2.77. The maximum Gasteiger partial charge on any atom is 0.337 e. The molecule has 1 fully saturated rings. The molecule has 1 aromatic carbocycles. The maximum absolute atomic E-state index is 11.3. The van der Waals surface area contributed by atoms with Crippen LogP contribution >= 0.6 is 0 Å². The van der Waals surface area contributed by atoms with Crippen molar-refractivity contribution in [3.05, 3.63) is 23.8 Å². The van der Waals surface area contributed by atoms with E-state index in [1.807, 2.05) is 14.1 Å².